The Balaban J connectivity index is 2.20. The summed E-state index contributed by atoms with van der Waals surface area (Å²) in [4.78, 5) is 12.1. The molecule has 0 radical (unpaired) electrons. The number of carbonyl (C=O) groups excluding carboxylic acids is 1. The second kappa shape index (κ2) is 5.83. The summed E-state index contributed by atoms with van der Waals surface area (Å²) in [6, 6.07) is 15.7. The molecule has 0 aliphatic carbocycles. The van der Waals surface area contributed by atoms with E-state index in [1.165, 1.54) is 0 Å². The highest BCUT2D eigenvalue weighted by atomic mass is 35.6. The van der Waals surface area contributed by atoms with Crippen LogP contribution in [0.4, 0.5) is 5.69 Å². The molecule has 0 fully saturated rings. The number of para-hydroxylation sites is 1. The highest BCUT2D eigenvalue weighted by molar-refractivity contribution is 6.66. The van der Waals surface area contributed by atoms with Crippen LogP contribution in [-0.4, -0.2) is 5.91 Å². The second-order valence-corrected chi connectivity index (χ2v) is 6.18. The number of carbonyl (C=O) groups is 1. The largest absolute Gasteiger partial charge is 0.322 e. The van der Waals surface area contributed by atoms with E-state index in [1.54, 1.807) is 36.4 Å². The Morgan fingerprint density at radius 3 is 2.26 bits per heavy atom. The Morgan fingerprint density at radius 1 is 0.947 bits per heavy atom. The summed E-state index contributed by atoms with van der Waals surface area (Å²) in [5.41, 5.74) is 1.61. The highest BCUT2D eigenvalue weighted by Crippen LogP contribution is 2.38. The van der Waals surface area contributed by atoms with Gasteiger partial charge in [-0.05, 0) is 24.3 Å². The van der Waals surface area contributed by atoms with E-state index < -0.39 is 3.79 Å². The van der Waals surface area contributed by atoms with Crippen LogP contribution < -0.4 is 5.32 Å². The van der Waals surface area contributed by atoms with Crippen LogP contribution in [0.25, 0.3) is 0 Å². The summed E-state index contributed by atoms with van der Waals surface area (Å²) in [5, 5.41) is 2.77. The fourth-order valence-electron chi connectivity index (χ4n) is 1.56. The normalized spacial score (nSPS) is 11.1. The Kier molecular flexibility index (Phi) is 4.35. The van der Waals surface area contributed by atoms with Crippen LogP contribution in [0.1, 0.15) is 15.9 Å². The minimum atomic E-state index is -1.54. The van der Waals surface area contributed by atoms with E-state index >= 15 is 0 Å². The topological polar surface area (TPSA) is 29.1 Å². The van der Waals surface area contributed by atoms with Gasteiger partial charge >= 0.3 is 0 Å². The van der Waals surface area contributed by atoms with E-state index in [0.717, 1.165) is 0 Å². The third-order valence-corrected chi connectivity index (χ3v) is 3.14. The molecule has 1 amide bonds. The molecule has 2 nitrogen and oxygen atoms in total. The van der Waals surface area contributed by atoms with E-state index in [0.29, 0.717) is 16.8 Å². The summed E-state index contributed by atoms with van der Waals surface area (Å²) < 4.78 is -1.54. The van der Waals surface area contributed by atoms with Gasteiger partial charge in [-0.1, -0.05) is 65.1 Å². The van der Waals surface area contributed by atoms with Gasteiger partial charge in [0.05, 0.1) is 0 Å². The third kappa shape index (κ3) is 3.87. The molecule has 19 heavy (non-hydrogen) atoms. The summed E-state index contributed by atoms with van der Waals surface area (Å²) in [7, 11) is 0. The predicted octanol–water partition coefficient (Wildman–Crippen LogP) is 4.77. The molecule has 0 spiro atoms. The van der Waals surface area contributed by atoms with Gasteiger partial charge in [0.25, 0.3) is 5.91 Å². The Labute approximate surface area is 126 Å². The fourth-order valence-corrected chi connectivity index (χ4v) is 1.91. The van der Waals surface area contributed by atoms with Gasteiger partial charge in [-0.15, -0.1) is 0 Å². The first-order valence-electron chi connectivity index (χ1n) is 5.50. The molecular formula is C14H10Cl3NO. The van der Waals surface area contributed by atoms with Gasteiger partial charge in [0, 0.05) is 16.8 Å². The predicted molar refractivity (Wildman–Crippen MR) is 80.1 cm³/mol. The van der Waals surface area contributed by atoms with Gasteiger partial charge in [0.15, 0.2) is 0 Å². The van der Waals surface area contributed by atoms with Crippen LogP contribution in [0.15, 0.2) is 54.6 Å². The van der Waals surface area contributed by atoms with Crippen molar-refractivity contribution in [1.29, 1.82) is 0 Å². The molecule has 0 atom stereocenters. The van der Waals surface area contributed by atoms with Crippen LogP contribution in [0, 0.1) is 0 Å². The van der Waals surface area contributed by atoms with Crippen molar-refractivity contribution in [3.8, 4) is 0 Å². The summed E-state index contributed by atoms with van der Waals surface area (Å²) in [6.45, 7) is 0. The number of hydrogen-bond donors (Lipinski definition) is 1. The van der Waals surface area contributed by atoms with Crippen molar-refractivity contribution in [3.63, 3.8) is 0 Å². The molecule has 1 N–H and O–H groups in total. The molecule has 0 unspecified atom stereocenters. The lowest BCUT2D eigenvalue weighted by atomic mass is 10.1. The van der Waals surface area contributed by atoms with E-state index in [2.05, 4.69) is 5.32 Å². The maximum Gasteiger partial charge on any atom is 0.255 e. The fraction of sp³-hybridized carbons (Fsp3) is 0.0714. The quantitative estimate of drug-likeness (QED) is 0.795. The Bertz CT molecular complexity index is 579. The van der Waals surface area contributed by atoms with Crippen LogP contribution in [0.2, 0.25) is 0 Å². The van der Waals surface area contributed by atoms with Crippen molar-refractivity contribution in [1.82, 2.24) is 0 Å². The average molecular weight is 315 g/mol. The zero-order valence-corrected chi connectivity index (χ0v) is 12.0. The smallest absolute Gasteiger partial charge is 0.255 e. The number of benzene rings is 2. The van der Waals surface area contributed by atoms with Crippen LogP contribution in [-0.2, 0) is 3.79 Å². The number of halogens is 3. The number of anilines is 1. The average Bonchev–Trinajstić information content (AvgIpc) is 2.39. The molecule has 0 saturated carbocycles. The summed E-state index contributed by atoms with van der Waals surface area (Å²) in [6.07, 6.45) is 0. The molecule has 2 aromatic rings. The molecule has 0 aliphatic heterocycles. The molecule has 0 aliphatic rings. The molecule has 0 saturated heterocycles. The lowest BCUT2D eigenvalue weighted by Crippen LogP contribution is -2.13. The summed E-state index contributed by atoms with van der Waals surface area (Å²) >= 11 is 17.4. The molecule has 0 heterocycles. The lowest BCUT2D eigenvalue weighted by Gasteiger charge is -2.12. The van der Waals surface area contributed by atoms with Crippen molar-refractivity contribution < 1.29 is 4.79 Å². The first-order valence-corrected chi connectivity index (χ1v) is 6.64. The van der Waals surface area contributed by atoms with Crippen LogP contribution >= 0.6 is 34.8 Å². The molecule has 2 aromatic carbocycles. The summed E-state index contributed by atoms with van der Waals surface area (Å²) in [5.74, 6) is -0.248. The van der Waals surface area contributed by atoms with Crippen LogP contribution in [0.3, 0.4) is 0 Å². The molecule has 0 bridgehead atoms. The van der Waals surface area contributed by atoms with E-state index in [1.807, 2.05) is 18.2 Å². The minimum Gasteiger partial charge on any atom is -0.322 e. The van der Waals surface area contributed by atoms with Crippen molar-refractivity contribution in [2.75, 3.05) is 5.32 Å². The van der Waals surface area contributed by atoms with Gasteiger partial charge in [-0.25, -0.2) is 0 Å². The maximum atomic E-state index is 12.1. The Hall–Kier alpha value is -1.22. The van der Waals surface area contributed by atoms with Gasteiger partial charge in [-0.2, -0.15) is 0 Å². The number of amides is 1. The van der Waals surface area contributed by atoms with Gasteiger partial charge < -0.3 is 5.32 Å². The molecule has 98 valence electrons. The molecule has 5 heteroatoms. The minimum absolute atomic E-state index is 0.248. The van der Waals surface area contributed by atoms with Gasteiger partial charge in [-0.3, -0.25) is 4.79 Å². The lowest BCUT2D eigenvalue weighted by molar-refractivity contribution is 0.102. The molecular weight excluding hydrogens is 305 g/mol. The van der Waals surface area contributed by atoms with Crippen molar-refractivity contribution >= 4 is 46.4 Å². The standard InChI is InChI=1S/C14H10Cl3NO/c15-14(16,17)11-6-4-5-10(9-11)13(19)18-12-7-2-1-3-8-12/h1-9H,(H,18,19). The number of rotatable bonds is 2. The number of nitrogens with one attached hydrogen (secondary N) is 1. The zero-order chi connectivity index (χ0) is 13.9. The van der Waals surface area contributed by atoms with E-state index in [-0.39, 0.29) is 5.91 Å². The monoisotopic (exact) mass is 313 g/mol. The molecule has 0 aromatic heterocycles. The third-order valence-electron chi connectivity index (χ3n) is 2.48. The number of hydrogen-bond acceptors (Lipinski definition) is 1. The zero-order valence-electron chi connectivity index (χ0n) is 9.74. The van der Waals surface area contributed by atoms with Crippen molar-refractivity contribution in [2.24, 2.45) is 0 Å². The van der Waals surface area contributed by atoms with E-state index in [9.17, 15) is 4.79 Å². The van der Waals surface area contributed by atoms with Crippen molar-refractivity contribution in [2.45, 2.75) is 3.79 Å². The first kappa shape index (κ1) is 14.2. The first-order chi connectivity index (χ1) is 8.97. The van der Waals surface area contributed by atoms with E-state index in [4.69, 9.17) is 34.8 Å². The Morgan fingerprint density at radius 2 is 1.63 bits per heavy atom. The highest BCUT2D eigenvalue weighted by Gasteiger charge is 2.23. The SMILES string of the molecule is O=C(Nc1ccccc1)c1cccc(C(Cl)(Cl)Cl)c1. The van der Waals surface area contributed by atoms with Crippen LogP contribution in [0.5, 0.6) is 0 Å². The van der Waals surface area contributed by atoms with Gasteiger partial charge in [0.1, 0.15) is 0 Å². The second-order valence-electron chi connectivity index (χ2n) is 3.90. The van der Waals surface area contributed by atoms with Crippen molar-refractivity contribution in [3.05, 3.63) is 65.7 Å². The number of alkyl halides is 3. The molecule has 2 rings (SSSR count). The van der Waals surface area contributed by atoms with Gasteiger partial charge in [0.2, 0.25) is 3.79 Å². The maximum absolute atomic E-state index is 12.1.